The second kappa shape index (κ2) is 7.93. The second-order valence-electron chi connectivity index (χ2n) is 8.19. The van der Waals surface area contributed by atoms with Gasteiger partial charge in [-0.15, -0.1) is 0 Å². The number of aromatic amines is 1. The van der Waals surface area contributed by atoms with Gasteiger partial charge in [0.1, 0.15) is 12.7 Å². The molecule has 1 fully saturated rings. The van der Waals surface area contributed by atoms with E-state index in [-0.39, 0.29) is 11.8 Å². The molecule has 0 aliphatic carbocycles. The van der Waals surface area contributed by atoms with E-state index in [0.29, 0.717) is 38.9 Å². The third-order valence-corrected chi connectivity index (χ3v) is 6.16. The Labute approximate surface area is 184 Å². The average molecular weight is 429 g/mol. The monoisotopic (exact) mass is 429 g/mol. The number of benzene rings is 2. The lowest BCUT2D eigenvalue weighted by Gasteiger charge is -2.24. The maximum atomic E-state index is 12.6. The van der Waals surface area contributed by atoms with Crippen molar-refractivity contribution in [3.05, 3.63) is 70.8 Å². The van der Waals surface area contributed by atoms with Gasteiger partial charge in [-0.2, -0.15) is 4.98 Å². The van der Waals surface area contributed by atoms with Crippen LogP contribution in [0.2, 0.25) is 0 Å². The topological polar surface area (TPSA) is 78.4 Å². The van der Waals surface area contributed by atoms with Crippen molar-refractivity contribution in [2.45, 2.75) is 19.1 Å². The van der Waals surface area contributed by atoms with Crippen LogP contribution in [0, 0.1) is 0 Å². The van der Waals surface area contributed by atoms with E-state index in [1.165, 1.54) is 22.1 Å². The Kier molecular flexibility index (Phi) is 4.78. The van der Waals surface area contributed by atoms with Gasteiger partial charge < -0.3 is 19.2 Å². The summed E-state index contributed by atoms with van der Waals surface area (Å²) in [4.78, 5) is 20.0. The number of aryl methyl sites for hydroxylation is 1. The predicted octanol–water partition coefficient (Wildman–Crippen LogP) is 3.41. The van der Waals surface area contributed by atoms with Gasteiger partial charge in [-0.25, -0.2) is 4.79 Å². The molecule has 2 aliphatic rings. The molecule has 6 rings (SSSR count). The van der Waals surface area contributed by atoms with E-state index in [4.69, 9.17) is 14.2 Å². The van der Waals surface area contributed by atoms with Gasteiger partial charge in [0.15, 0.2) is 0 Å². The molecular formula is C25H23N3O4. The van der Waals surface area contributed by atoms with Crippen molar-refractivity contribution in [3.8, 4) is 28.3 Å². The molecule has 7 nitrogen and oxygen atoms in total. The minimum absolute atomic E-state index is 0.142. The smallest absolute Gasteiger partial charge is 0.351 e. The molecule has 2 aromatic heterocycles. The van der Waals surface area contributed by atoms with Gasteiger partial charge in [-0.05, 0) is 46.7 Å². The first-order chi connectivity index (χ1) is 15.7. The van der Waals surface area contributed by atoms with E-state index < -0.39 is 0 Å². The summed E-state index contributed by atoms with van der Waals surface area (Å²) in [7, 11) is 0. The SMILES string of the molecule is O=c1nc(OCC2COCCO2)cc2n1CCc1cc(-c3ccc4[nH]ccc4c3)ccc1-2. The lowest BCUT2D eigenvalue weighted by molar-refractivity contribution is -0.102. The van der Waals surface area contributed by atoms with Gasteiger partial charge in [0.2, 0.25) is 5.88 Å². The lowest BCUT2D eigenvalue weighted by Crippen LogP contribution is -2.34. The van der Waals surface area contributed by atoms with E-state index in [9.17, 15) is 4.79 Å². The molecule has 7 heteroatoms. The Morgan fingerprint density at radius 3 is 2.91 bits per heavy atom. The number of fused-ring (bicyclic) bond motifs is 4. The lowest BCUT2D eigenvalue weighted by atomic mass is 9.93. The molecule has 0 radical (unpaired) electrons. The van der Waals surface area contributed by atoms with Crippen LogP contribution < -0.4 is 10.4 Å². The van der Waals surface area contributed by atoms with Crippen LogP contribution in [-0.4, -0.2) is 47.1 Å². The van der Waals surface area contributed by atoms with E-state index in [1.54, 1.807) is 4.57 Å². The zero-order valence-electron chi connectivity index (χ0n) is 17.5. The third kappa shape index (κ3) is 3.49. The van der Waals surface area contributed by atoms with E-state index in [1.807, 2.05) is 12.3 Å². The zero-order valence-corrected chi connectivity index (χ0v) is 17.5. The Morgan fingerprint density at radius 1 is 1.09 bits per heavy atom. The number of hydrogen-bond acceptors (Lipinski definition) is 5. The number of ether oxygens (including phenoxy) is 3. The Hall–Kier alpha value is -3.42. The van der Waals surface area contributed by atoms with Crippen molar-refractivity contribution in [2.24, 2.45) is 0 Å². The number of H-pyrrole nitrogens is 1. The van der Waals surface area contributed by atoms with E-state index in [2.05, 4.69) is 52.4 Å². The Morgan fingerprint density at radius 2 is 2.00 bits per heavy atom. The highest BCUT2D eigenvalue weighted by Gasteiger charge is 2.21. The van der Waals surface area contributed by atoms with Gasteiger partial charge >= 0.3 is 5.69 Å². The summed E-state index contributed by atoms with van der Waals surface area (Å²) < 4.78 is 18.5. The van der Waals surface area contributed by atoms with E-state index >= 15 is 0 Å². The zero-order chi connectivity index (χ0) is 21.5. The largest absolute Gasteiger partial charge is 0.475 e. The van der Waals surface area contributed by atoms with Gasteiger partial charge in [0.25, 0.3) is 0 Å². The van der Waals surface area contributed by atoms with E-state index in [0.717, 1.165) is 23.2 Å². The van der Waals surface area contributed by atoms with Crippen LogP contribution in [-0.2, 0) is 22.4 Å². The van der Waals surface area contributed by atoms with Crippen LogP contribution in [0.1, 0.15) is 5.56 Å². The van der Waals surface area contributed by atoms with Gasteiger partial charge in [0, 0.05) is 29.9 Å². The summed E-state index contributed by atoms with van der Waals surface area (Å²) in [5.74, 6) is 0.324. The normalized spacial score (nSPS) is 17.7. The fourth-order valence-corrected chi connectivity index (χ4v) is 4.50. The standard InChI is InChI=1S/C25H23N3O4/c29-25-27-24(32-15-20-14-30-9-10-31-20)13-23-21-3-1-16(11-18(21)6-8-28(23)25)17-2-4-22-19(12-17)5-7-26-22/h1-5,7,11-13,20,26H,6,8-10,14-15H2. The van der Waals surface area contributed by atoms with Crippen molar-refractivity contribution >= 4 is 10.9 Å². The highest BCUT2D eigenvalue weighted by Crippen LogP contribution is 2.34. The average Bonchev–Trinajstić information content (AvgIpc) is 3.31. The number of nitrogens with one attached hydrogen (secondary N) is 1. The molecule has 162 valence electrons. The maximum Gasteiger partial charge on any atom is 0.351 e. The van der Waals surface area contributed by atoms with Crippen molar-refractivity contribution in [3.63, 3.8) is 0 Å². The summed E-state index contributed by atoms with van der Waals surface area (Å²) >= 11 is 0. The number of nitrogens with zero attached hydrogens (tertiary/aromatic N) is 2. The number of aromatic nitrogens is 3. The summed E-state index contributed by atoms with van der Waals surface area (Å²) in [6, 6.07) is 16.8. The first kappa shape index (κ1) is 19.3. The van der Waals surface area contributed by atoms with Gasteiger partial charge in [-0.3, -0.25) is 4.57 Å². The number of hydrogen-bond donors (Lipinski definition) is 1. The van der Waals surface area contributed by atoms with Crippen LogP contribution in [0.3, 0.4) is 0 Å². The summed E-state index contributed by atoms with van der Waals surface area (Å²) in [6.45, 7) is 2.56. The molecule has 1 unspecified atom stereocenters. The first-order valence-electron chi connectivity index (χ1n) is 10.9. The van der Waals surface area contributed by atoms with Gasteiger partial charge in [-0.1, -0.05) is 24.3 Å². The molecule has 0 bridgehead atoms. The quantitative estimate of drug-likeness (QED) is 0.538. The van der Waals surface area contributed by atoms with Crippen molar-refractivity contribution in [1.29, 1.82) is 0 Å². The molecule has 1 N–H and O–H groups in total. The Balaban J connectivity index is 1.31. The van der Waals surface area contributed by atoms with Crippen LogP contribution >= 0.6 is 0 Å². The molecule has 0 amide bonds. The highest BCUT2D eigenvalue weighted by atomic mass is 16.6. The summed E-state index contributed by atoms with van der Waals surface area (Å²) in [5, 5.41) is 1.19. The second-order valence-corrected chi connectivity index (χ2v) is 8.19. The minimum atomic E-state index is -0.286. The van der Waals surface area contributed by atoms with Gasteiger partial charge in [0.05, 0.1) is 25.5 Å². The molecule has 0 spiro atoms. The molecule has 4 aromatic rings. The fraction of sp³-hybridized carbons (Fsp3) is 0.280. The van der Waals surface area contributed by atoms with Crippen molar-refractivity contribution in [1.82, 2.24) is 14.5 Å². The maximum absolute atomic E-state index is 12.6. The molecule has 2 aromatic carbocycles. The predicted molar refractivity (Wildman–Crippen MR) is 121 cm³/mol. The van der Waals surface area contributed by atoms with Crippen LogP contribution in [0.5, 0.6) is 5.88 Å². The summed E-state index contributed by atoms with van der Waals surface area (Å²) in [5.41, 5.74) is 6.30. The molecule has 1 atom stereocenters. The third-order valence-electron chi connectivity index (χ3n) is 6.16. The van der Waals surface area contributed by atoms with Crippen LogP contribution in [0.15, 0.2) is 59.5 Å². The number of rotatable bonds is 4. The molecule has 4 heterocycles. The van der Waals surface area contributed by atoms with Crippen molar-refractivity contribution in [2.75, 3.05) is 26.4 Å². The van der Waals surface area contributed by atoms with Crippen LogP contribution in [0.25, 0.3) is 33.3 Å². The Bertz CT molecular complexity index is 1350. The fourth-order valence-electron chi connectivity index (χ4n) is 4.50. The minimum Gasteiger partial charge on any atom is -0.475 e. The molecule has 0 saturated carbocycles. The molecular weight excluding hydrogens is 406 g/mol. The molecule has 32 heavy (non-hydrogen) atoms. The summed E-state index contributed by atoms with van der Waals surface area (Å²) in [6.07, 6.45) is 2.60. The first-order valence-corrected chi connectivity index (χ1v) is 10.9. The molecule has 2 aliphatic heterocycles. The van der Waals surface area contributed by atoms with Crippen LogP contribution in [0.4, 0.5) is 0 Å². The highest BCUT2D eigenvalue weighted by molar-refractivity contribution is 5.85. The molecule has 1 saturated heterocycles. The van der Waals surface area contributed by atoms with Crippen molar-refractivity contribution < 1.29 is 14.2 Å².